The van der Waals surface area contributed by atoms with Crippen LogP contribution in [0.5, 0.6) is 0 Å². The molecule has 2 aliphatic carbocycles. The van der Waals surface area contributed by atoms with E-state index in [1.165, 1.54) is 12.8 Å². The first-order chi connectivity index (χ1) is 14.4. The van der Waals surface area contributed by atoms with E-state index in [0.29, 0.717) is 17.5 Å². The second-order valence-corrected chi connectivity index (χ2v) is 9.80. The molecule has 1 N–H and O–H groups in total. The summed E-state index contributed by atoms with van der Waals surface area (Å²) in [5, 5.41) is 23.3. The SMILES string of the molecule is CCn1ncnc1N1C[C@H]2C[C@@H](n3cc(C(C)(C)O)nn3)[C@H](OCC3CC3)C[C@H]2C1. The van der Waals surface area contributed by atoms with Gasteiger partial charge in [0.25, 0.3) is 0 Å². The van der Waals surface area contributed by atoms with Gasteiger partial charge in [0.05, 0.1) is 18.3 Å². The van der Waals surface area contributed by atoms with Crippen LogP contribution in [0.1, 0.15) is 58.2 Å². The van der Waals surface area contributed by atoms with Crippen LogP contribution in [0.3, 0.4) is 0 Å². The Labute approximate surface area is 177 Å². The molecule has 0 aromatic carbocycles. The Balaban J connectivity index is 1.36. The van der Waals surface area contributed by atoms with Crippen LogP contribution in [0.4, 0.5) is 5.95 Å². The second kappa shape index (κ2) is 7.60. The third-order valence-electron chi connectivity index (χ3n) is 6.98. The molecule has 2 saturated carbocycles. The minimum Gasteiger partial charge on any atom is -0.384 e. The number of hydrogen-bond donors (Lipinski definition) is 1. The number of fused-ring (bicyclic) bond motifs is 1. The number of rotatable bonds is 7. The first-order valence-electron chi connectivity index (χ1n) is 11.3. The summed E-state index contributed by atoms with van der Waals surface area (Å²) in [7, 11) is 0. The summed E-state index contributed by atoms with van der Waals surface area (Å²) in [6.45, 7) is 9.27. The standard InChI is InChI=1S/C21H33N7O2/c1-4-27-20(22-13-23-27)26-9-15-7-17(28-11-19(24-25-28)21(2,3)29)18(8-16(15)10-26)30-12-14-5-6-14/h11,13-18,29H,4-10,12H2,1-3H3/t15-,16+,17-,18-/m1/s1. The van der Waals surface area contributed by atoms with Crippen molar-refractivity contribution >= 4 is 5.95 Å². The molecule has 3 aliphatic rings. The van der Waals surface area contributed by atoms with E-state index in [4.69, 9.17) is 4.74 Å². The third kappa shape index (κ3) is 3.85. The van der Waals surface area contributed by atoms with E-state index in [0.717, 1.165) is 50.9 Å². The Morgan fingerprint density at radius 1 is 1.20 bits per heavy atom. The van der Waals surface area contributed by atoms with Crippen molar-refractivity contribution in [1.82, 2.24) is 29.8 Å². The molecule has 3 fully saturated rings. The Morgan fingerprint density at radius 3 is 2.63 bits per heavy atom. The zero-order valence-corrected chi connectivity index (χ0v) is 18.2. The normalized spacial score (nSPS) is 29.4. The molecule has 0 bridgehead atoms. The van der Waals surface area contributed by atoms with Crippen LogP contribution >= 0.6 is 0 Å². The van der Waals surface area contributed by atoms with Crippen LogP contribution in [0.25, 0.3) is 0 Å². The van der Waals surface area contributed by atoms with Gasteiger partial charge in [-0.3, -0.25) is 0 Å². The van der Waals surface area contributed by atoms with Crippen molar-refractivity contribution in [1.29, 1.82) is 0 Å². The minimum atomic E-state index is -0.992. The Kier molecular flexibility index (Phi) is 5.05. The Bertz CT molecular complexity index is 869. The fourth-order valence-electron chi connectivity index (χ4n) is 5.00. The number of aryl methyl sites for hydroxylation is 1. The van der Waals surface area contributed by atoms with Crippen molar-refractivity contribution in [2.75, 3.05) is 24.6 Å². The summed E-state index contributed by atoms with van der Waals surface area (Å²) < 4.78 is 10.4. The topological polar surface area (TPSA) is 94.1 Å². The molecule has 0 spiro atoms. The molecule has 164 valence electrons. The minimum absolute atomic E-state index is 0.132. The van der Waals surface area contributed by atoms with Gasteiger partial charge in [0.15, 0.2) is 0 Å². The molecule has 9 heteroatoms. The highest BCUT2D eigenvalue weighted by Crippen LogP contribution is 2.44. The maximum atomic E-state index is 10.3. The number of hydrogen-bond acceptors (Lipinski definition) is 7. The molecule has 30 heavy (non-hydrogen) atoms. The molecule has 5 rings (SSSR count). The molecule has 1 saturated heterocycles. The van der Waals surface area contributed by atoms with Gasteiger partial charge in [-0.15, -0.1) is 5.10 Å². The second-order valence-electron chi connectivity index (χ2n) is 9.80. The van der Waals surface area contributed by atoms with Gasteiger partial charge in [0.2, 0.25) is 5.95 Å². The highest BCUT2D eigenvalue weighted by atomic mass is 16.5. The van der Waals surface area contributed by atoms with Crippen LogP contribution in [-0.2, 0) is 16.9 Å². The van der Waals surface area contributed by atoms with Crippen molar-refractivity contribution < 1.29 is 9.84 Å². The predicted octanol–water partition coefficient (Wildman–Crippen LogP) is 2.00. The van der Waals surface area contributed by atoms with Crippen molar-refractivity contribution in [3.8, 4) is 0 Å². The molecule has 3 heterocycles. The lowest BCUT2D eigenvalue weighted by Gasteiger charge is -2.37. The van der Waals surface area contributed by atoms with Gasteiger partial charge in [0, 0.05) is 26.2 Å². The summed E-state index contributed by atoms with van der Waals surface area (Å²) >= 11 is 0. The predicted molar refractivity (Wildman–Crippen MR) is 111 cm³/mol. The number of aliphatic hydroxyl groups is 1. The molecule has 4 atom stereocenters. The maximum absolute atomic E-state index is 10.3. The molecular formula is C21H33N7O2. The third-order valence-corrected chi connectivity index (χ3v) is 6.98. The number of nitrogens with zero attached hydrogens (tertiary/aromatic N) is 7. The highest BCUT2D eigenvalue weighted by molar-refractivity contribution is 5.32. The Hall–Kier alpha value is -2.00. The van der Waals surface area contributed by atoms with Crippen LogP contribution in [-0.4, -0.2) is 60.7 Å². The van der Waals surface area contributed by atoms with Crippen LogP contribution in [0.2, 0.25) is 0 Å². The van der Waals surface area contributed by atoms with Crippen molar-refractivity contribution in [2.24, 2.45) is 17.8 Å². The Morgan fingerprint density at radius 2 is 1.97 bits per heavy atom. The van der Waals surface area contributed by atoms with E-state index >= 15 is 0 Å². The van der Waals surface area contributed by atoms with E-state index < -0.39 is 5.60 Å². The average molecular weight is 416 g/mol. The van der Waals surface area contributed by atoms with Gasteiger partial charge in [0.1, 0.15) is 17.6 Å². The summed E-state index contributed by atoms with van der Waals surface area (Å²) in [5.74, 6) is 2.86. The number of aromatic nitrogens is 6. The number of ether oxygens (including phenoxy) is 1. The smallest absolute Gasteiger partial charge is 0.223 e. The van der Waals surface area contributed by atoms with Gasteiger partial charge in [-0.1, -0.05) is 5.21 Å². The van der Waals surface area contributed by atoms with E-state index in [1.807, 2.05) is 15.6 Å². The fourth-order valence-corrected chi connectivity index (χ4v) is 5.00. The summed E-state index contributed by atoms with van der Waals surface area (Å²) in [4.78, 5) is 6.90. The first-order valence-corrected chi connectivity index (χ1v) is 11.3. The molecule has 0 amide bonds. The molecule has 0 unspecified atom stereocenters. The lowest BCUT2D eigenvalue weighted by Crippen LogP contribution is -2.38. The quantitative estimate of drug-likeness (QED) is 0.739. The summed E-state index contributed by atoms with van der Waals surface area (Å²) in [5.41, 5.74) is -0.386. The molecule has 9 nitrogen and oxygen atoms in total. The monoisotopic (exact) mass is 415 g/mol. The van der Waals surface area contributed by atoms with E-state index in [9.17, 15) is 5.11 Å². The molecule has 2 aromatic heterocycles. The van der Waals surface area contributed by atoms with Crippen LogP contribution in [0.15, 0.2) is 12.5 Å². The first kappa shape index (κ1) is 19.9. The highest BCUT2D eigenvalue weighted by Gasteiger charge is 2.45. The van der Waals surface area contributed by atoms with E-state index in [1.54, 1.807) is 20.2 Å². The maximum Gasteiger partial charge on any atom is 0.223 e. The van der Waals surface area contributed by atoms with Crippen molar-refractivity contribution in [3.63, 3.8) is 0 Å². The van der Waals surface area contributed by atoms with Gasteiger partial charge in [-0.05, 0) is 64.2 Å². The lowest BCUT2D eigenvalue weighted by atomic mass is 9.77. The molecular weight excluding hydrogens is 382 g/mol. The van der Waals surface area contributed by atoms with Crippen molar-refractivity contribution in [2.45, 2.75) is 70.7 Å². The zero-order valence-electron chi connectivity index (χ0n) is 18.2. The largest absolute Gasteiger partial charge is 0.384 e. The fraction of sp³-hybridized carbons (Fsp3) is 0.810. The number of anilines is 1. The summed E-state index contributed by atoms with van der Waals surface area (Å²) in [6.07, 6.45) is 8.29. The van der Waals surface area contributed by atoms with Gasteiger partial charge in [-0.2, -0.15) is 10.1 Å². The van der Waals surface area contributed by atoms with E-state index in [-0.39, 0.29) is 12.1 Å². The van der Waals surface area contributed by atoms with E-state index in [2.05, 4.69) is 32.2 Å². The molecule has 0 radical (unpaired) electrons. The lowest BCUT2D eigenvalue weighted by molar-refractivity contribution is -0.0376. The van der Waals surface area contributed by atoms with Gasteiger partial charge in [-0.25, -0.2) is 9.36 Å². The van der Waals surface area contributed by atoms with Gasteiger partial charge >= 0.3 is 0 Å². The van der Waals surface area contributed by atoms with Crippen molar-refractivity contribution in [3.05, 3.63) is 18.2 Å². The van der Waals surface area contributed by atoms with Gasteiger partial charge < -0.3 is 14.7 Å². The average Bonchev–Trinajstić information content (AvgIpc) is 3.13. The molecule has 2 aromatic rings. The zero-order chi connectivity index (χ0) is 20.9. The summed E-state index contributed by atoms with van der Waals surface area (Å²) in [6, 6.07) is 0.151. The molecule has 1 aliphatic heterocycles. The van der Waals surface area contributed by atoms with Crippen LogP contribution in [0, 0.1) is 17.8 Å². The van der Waals surface area contributed by atoms with Crippen LogP contribution < -0.4 is 4.90 Å².